The minimum Gasteiger partial charge on any atom is -0.489 e. The van der Waals surface area contributed by atoms with Gasteiger partial charge in [0, 0.05) is 54.9 Å². The standard InChI is InChI=1S/C31H39ClN6O4/c1-29(2,3)42-28(40)38-16-18-14-37(15-19(18)17-38)24-12-11-23(35-36-24)25(39)34-26-30(4,5)27(31(26,6)7)41-20-9-10-22(33-8)21(32)13-20/h9-13,18-19,26-27H,14-17H2,1-7H3,(H,34,39). The van der Waals surface area contributed by atoms with E-state index in [1.54, 1.807) is 29.2 Å². The number of benzene rings is 1. The molecular weight excluding hydrogens is 556 g/mol. The molecule has 5 rings (SSSR count). The number of anilines is 1. The summed E-state index contributed by atoms with van der Waals surface area (Å²) in [6.07, 6.45) is -0.451. The van der Waals surface area contributed by atoms with Crippen molar-refractivity contribution in [3.05, 3.63) is 52.5 Å². The lowest BCUT2D eigenvalue weighted by atomic mass is 9.49. The second-order valence-electron chi connectivity index (χ2n) is 13.9. The summed E-state index contributed by atoms with van der Waals surface area (Å²) in [4.78, 5) is 33.1. The van der Waals surface area contributed by atoms with E-state index < -0.39 is 5.60 Å². The maximum absolute atomic E-state index is 13.2. The molecule has 2 atom stereocenters. The van der Waals surface area contributed by atoms with Crippen LogP contribution in [0.1, 0.15) is 59.0 Å². The number of nitrogens with one attached hydrogen (secondary N) is 1. The highest BCUT2D eigenvalue weighted by atomic mass is 35.5. The Morgan fingerprint density at radius 3 is 2.19 bits per heavy atom. The molecule has 1 aliphatic carbocycles. The number of likely N-dealkylation sites (tertiary alicyclic amines) is 1. The summed E-state index contributed by atoms with van der Waals surface area (Å²) in [5.41, 5.74) is -0.625. The van der Waals surface area contributed by atoms with Crippen molar-refractivity contribution < 1.29 is 19.1 Å². The maximum atomic E-state index is 13.2. The average Bonchev–Trinajstić information content (AvgIpc) is 3.49. The summed E-state index contributed by atoms with van der Waals surface area (Å²) in [5, 5.41) is 12.2. The molecule has 2 saturated heterocycles. The van der Waals surface area contributed by atoms with Gasteiger partial charge >= 0.3 is 6.09 Å². The van der Waals surface area contributed by atoms with Crippen LogP contribution < -0.4 is 15.0 Å². The number of rotatable bonds is 5. The Balaban J connectivity index is 1.17. The largest absolute Gasteiger partial charge is 0.489 e. The van der Waals surface area contributed by atoms with E-state index in [1.807, 2.05) is 26.8 Å². The Morgan fingerprint density at radius 2 is 1.67 bits per heavy atom. The van der Waals surface area contributed by atoms with Crippen LogP contribution in [0, 0.1) is 29.2 Å². The van der Waals surface area contributed by atoms with Gasteiger partial charge in [0.1, 0.15) is 17.5 Å². The van der Waals surface area contributed by atoms with Crippen molar-refractivity contribution in [2.24, 2.45) is 22.7 Å². The van der Waals surface area contributed by atoms with Crippen molar-refractivity contribution in [2.45, 2.75) is 66.2 Å². The summed E-state index contributed by atoms with van der Waals surface area (Å²) in [6, 6.07) is 8.44. The molecule has 1 saturated carbocycles. The van der Waals surface area contributed by atoms with E-state index in [1.165, 1.54) is 0 Å². The number of amides is 2. The Labute approximate surface area is 252 Å². The molecule has 2 amide bonds. The molecule has 2 unspecified atom stereocenters. The number of halogens is 1. The van der Waals surface area contributed by atoms with Gasteiger partial charge in [0.15, 0.2) is 11.5 Å². The first-order valence-corrected chi connectivity index (χ1v) is 14.7. The third-order valence-corrected chi connectivity index (χ3v) is 9.06. The van der Waals surface area contributed by atoms with Crippen LogP contribution in [0.25, 0.3) is 4.85 Å². The molecule has 1 aromatic carbocycles. The summed E-state index contributed by atoms with van der Waals surface area (Å²) in [7, 11) is 0. The summed E-state index contributed by atoms with van der Waals surface area (Å²) in [6.45, 7) is 24.0. The molecule has 11 heteroatoms. The van der Waals surface area contributed by atoms with Gasteiger partial charge in [-0.2, -0.15) is 0 Å². The van der Waals surface area contributed by atoms with Crippen LogP contribution >= 0.6 is 11.6 Å². The van der Waals surface area contributed by atoms with Crippen LogP contribution in [-0.4, -0.2) is 71.0 Å². The molecule has 0 radical (unpaired) electrons. The first-order valence-electron chi connectivity index (χ1n) is 14.3. The number of nitrogens with zero attached hydrogens (tertiary/aromatic N) is 5. The number of carbonyl (C=O) groups is 2. The van der Waals surface area contributed by atoms with E-state index >= 15 is 0 Å². The Bertz CT molecular complexity index is 1380. The second-order valence-corrected chi connectivity index (χ2v) is 14.3. The molecule has 10 nitrogen and oxygen atoms in total. The van der Waals surface area contributed by atoms with Gasteiger partial charge in [-0.05, 0) is 45.0 Å². The van der Waals surface area contributed by atoms with Crippen LogP contribution in [0.5, 0.6) is 5.75 Å². The van der Waals surface area contributed by atoms with Crippen LogP contribution in [0.2, 0.25) is 5.02 Å². The fourth-order valence-electron chi connectivity index (χ4n) is 7.06. The van der Waals surface area contributed by atoms with Crippen LogP contribution in [0.3, 0.4) is 0 Å². The molecule has 3 aliphatic rings. The maximum Gasteiger partial charge on any atom is 0.410 e. The zero-order valence-corrected chi connectivity index (χ0v) is 26.0. The number of fused-ring (bicyclic) bond motifs is 1. The quantitative estimate of drug-likeness (QED) is 0.450. The predicted octanol–water partition coefficient (Wildman–Crippen LogP) is 5.60. The monoisotopic (exact) mass is 594 g/mol. The molecule has 3 fully saturated rings. The van der Waals surface area contributed by atoms with Gasteiger partial charge in [-0.15, -0.1) is 10.2 Å². The van der Waals surface area contributed by atoms with Gasteiger partial charge in [-0.3, -0.25) is 4.79 Å². The van der Waals surface area contributed by atoms with Gasteiger partial charge < -0.3 is 24.6 Å². The third-order valence-electron chi connectivity index (χ3n) is 8.75. The fourth-order valence-corrected chi connectivity index (χ4v) is 7.28. The highest BCUT2D eigenvalue weighted by Gasteiger charge is 2.64. The minimum absolute atomic E-state index is 0.173. The first-order chi connectivity index (χ1) is 19.6. The van der Waals surface area contributed by atoms with Crippen molar-refractivity contribution in [1.29, 1.82) is 0 Å². The molecule has 1 aromatic heterocycles. The lowest BCUT2D eigenvalue weighted by molar-refractivity contribution is -0.164. The summed E-state index contributed by atoms with van der Waals surface area (Å²) >= 11 is 6.21. The van der Waals surface area contributed by atoms with E-state index in [9.17, 15) is 9.59 Å². The van der Waals surface area contributed by atoms with E-state index in [4.69, 9.17) is 27.6 Å². The highest BCUT2D eigenvalue weighted by molar-refractivity contribution is 6.33. The molecule has 1 N–H and O–H groups in total. The summed E-state index contributed by atoms with van der Waals surface area (Å²) in [5.74, 6) is 1.73. The lowest BCUT2D eigenvalue weighted by Crippen LogP contribution is -2.74. The first kappa shape index (κ1) is 29.9. The van der Waals surface area contributed by atoms with Gasteiger partial charge in [-0.25, -0.2) is 9.64 Å². The number of aromatic nitrogens is 2. The van der Waals surface area contributed by atoms with Crippen molar-refractivity contribution in [1.82, 2.24) is 20.4 Å². The van der Waals surface area contributed by atoms with Crippen LogP contribution in [0.15, 0.2) is 30.3 Å². The molecule has 224 valence electrons. The van der Waals surface area contributed by atoms with Crippen molar-refractivity contribution in [3.8, 4) is 5.75 Å². The van der Waals surface area contributed by atoms with E-state index in [2.05, 4.69) is 53.0 Å². The van der Waals surface area contributed by atoms with Crippen LogP contribution in [-0.2, 0) is 4.74 Å². The highest BCUT2D eigenvalue weighted by Crippen LogP contribution is 2.55. The second kappa shape index (κ2) is 10.6. The van der Waals surface area contributed by atoms with Crippen molar-refractivity contribution in [2.75, 3.05) is 31.1 Å². The van der Waals surface area contributed by atoms with Crippen molar-refractivity contribution >= 4 is 35.1 Å². The molecule has 2 aromatic rings. The summed E-state index contributed by atoms with van der Waals surface area (Å²) < 4.78 is 11.9. The minimum atomic E-state index is -0.508. The Morgan fingerprint density at radius 1 is 1.02 bits per heavy atom. The fraction of sp³-hybridized carbons (Fsp3) is 0.581. The SMILES string of the molecule is [C-]#[N+]c1ccc(OC2C(C)(C)C(NC(=O)c3ccc(N4CC5CN(C(=O)OC(C)(C)C)CC5C4)nn3)C2(C)C)cc1Cl. The zero-order chi connectivity index (χ0) is 30.6. The molecule has 2 aliphatic heterocycles. The Kier molecular flexibility index (Phi) is 7.55. The number of hydrogen-bond acceptors (Lipinski definition) is 7. The molecule has 42 heavy (non-hydrogen) atoms. The number of hydrogen-bond donors (Lipinski definition) is 1. The molecule has 0 bridgehead atoms. The van der Waals surface area contributed by atoms with Gasteiger partial charge in [0.25, 0.3) is 5.91 Å². The third kappa shape index (κ3) is 5.59. The lowest BCUT2D eigenvalue weighted by Gasteiger charge is -2.63. The smallest absolute Gasteiger partial charge is 0.410 e. The average molecular weight is 595 g/mol. The normalized spacial score (nSPS) is 25.7. The topological polar surface area (TPSA) is 101 Å². The van der Waals surface area contributed by atoms with Gasteiger partial charge in [0.2, 0.25) is 5.69 Å². The van der Waals surface area contributed by atoms with Crippen molar-refractivity contribution in [3.63, 3.8) is 0 Å². The van der Waals surface area contributed by atoms with E-state index in [0.717, 1.165) is 18.9 Å². The zero-order valence-electron chi connectivity index (χ0n) is 25.3. The predicted molar refractivity (Wildman–Crippen MR) is 160 cm³/mol. The molecule has 0 spiro atoms. The van der Waals surface area contributed by atoms with Gasteiger partial charge in [-0.1, -0.05) is 45.4 Å². The van der Waals surface area contributed by atoms with Gasteiger partial charge in [0.05, 0.1) is 11.6 Å². The van der Waals surface area contributed by atoms with Crippen LogP contribution in [0.4, 0.5) is 16.3 Å². The number of ether oxygens (including phenoxy) is 2. The molecule has 3 heterocycles. The van der Waals surface area contributed by atoms with E-state index in [0.29, 0.717) is 41.4 Å². The Hall–Kier alpha value is -3.58. The molecular formula is C31H39ClN6O4. The van der Waals surface area contributed by atoms with E-state index in [-0.39, 0.29) is 40.7 Å². The number of carbonyl (C=O) groups excluding carboxylic acids is 2.